The molecule has 8 heteroatoms. The van der Waals surface area contributed by atoms with Crippen LogP contribution in [0, 0.1) is 0 Å². The smallest absolute Gasteiger partial charge is 0.334 e. The number of hydrogen-bond donors (Lipinski definition) is 0. The minimum atomic E-state index is -2.39. The topological polar surface area (TPSA) is 105 Å². The first-order valence-electron chi connectivity index (χ1n) is 11.2. The summed E-state index contributed by atoms with van der Waals surface area (Å²) in [7, 11) is 0. The highest BCUT2D eigenvalue weighted by molar-refractivity contribution is 5.86. The standard InChI is InChI=1S/C28H34O8/c1-7-11-15-19-23(29)33-27(5,34-24(30)20-16-12-8-2)28(6,35-25(31)21-17-13-9-3)36-26(32)22-18-14-10-4/h7-22H,1-6H3/b11-7+,12-8+,13-9+,14-10+,19-15+,20-16+,21-17+,22-18+. The van der Waals surface area contributed by atoms with Crippen LogP contribution in [0.15, 0.2) is 97.2 Å². The molecule has 0 saturated heterocycles. The van der Waals surface area contributed by atoms with Gasteiger partial charge in [-0.1, -0.05) is 72.9 Å². The summed E-state index contributed by atoms with van der Waals surface area (Å²) >= 11 is 0. The minimum Gasteiger partial charge on any atom is -0.411 e. The maximum Gasteiger partial charge on any atom is 0.334 e. The van der Waals surface area contributed by atoms with Gasteiger partial charge in [-0.15, -0.1) is 0 Å². The van der Waals surface area contributed by atoms with Crippen LogP contribution in [-0.4, -0.2) is 35.5 Å². The Balaban J connectivity index is 6.53. The minimum absolute atomic E-state index is 0.951. The molecule has 0 radical (unpaired) electrons. The van der Waals surface area contributed by atoms with E-state index in [-0.39, 0.29) is 0 Å². The van der Waals surface area contributed by atoms with Crippen molar-refractivity contribution in [3.8, 4) is 0 Å². The number of hydrogen-bond acceptors (Lipinski definition) is 8. The van der Waals surface area contributed by atoms with E-state index in [4.69, 9.17) is 18.9 Å². The number of ether oxygens (including phenoxy) is 4. The van der Waals surface area contributed by atoms with Gasteiger partial charge in [-0.05, 0) is 27.7 Å². The molecule has 0 atom stereocenters. The van der Waals surface area contributed by atoms with Crippen molar-refractivity contribution in [3.05, 3.63) is 97.2 Å². The third kappa shape index (κ3) is 12.3. The van der Waals surface area contributed by atoms with Crippen molar-refractivity contribution in [3.63, 3.8) is 0 Å². The van der Waals surface area contributed by atoms with Gasteiger partial charge in [-0.25, -0.2) is 19.2 Å². The SMILES string of the molecule is C/C=C/C=C/C(=O)OC(C)(OC(=O)/C=C/C=C/C)C(C)(OC(=O)/C=C/C=C/C)OC(=O)/C=C/C=C/C. The summed E-state index contributed by atoms with van der Waals surface area (Å²) in [6, 6.07) is 0. The van der Waals surface area contributed by atoms with Gasteiger partial charge in [0.1, 0.15) is 0 Å². The quantitative estimate of drug-likeness (QED) is 0.149. The van der Waals surface area contributed by atoms with Crippen LogP contribution in [0.3, 0.4) is 0 Å². The Hall–Kier alpha value is -4.20. The van der Waals surface area contributed by atoms with E-state index in [1.807, 2.05) is 0 Å². The van der Waals surface area contributed by atoms with Crippen LogP contribution in [0.4, 0.5) is 0 Å². The van der Waals surface area contributed by atoms with E-state index < -0.39 is 35.5 Å². The molecule has 0 fully saturated rings. The molecule has 0 aromatic carbocycles. The van der Waals surface area contributed by atoms with E-state index >= 15 is 0 Å². The van der Waals surface area contributed by atoms with Crippen molar-refractivity contribution >= 4 is 23.9 Å². The molecule has 0 spiro atoms. The maximum absolute atomic E-state index is 12.5. The van der Waals surface area contributed by atoms with Gasteiger partial charge in [0, 0.05) is 38.2 Å². The van der Waals surface area contributed by atoms with Crippen molar-refractivity contribution in [1.82, 2.24) is 0 Å². The number of esters is 4. The molecule has 0 rings (SSSR count). The highest BCUT2D eigenvalue weighted by Crippen LogP contribution is 2.34. The summed E-state index contributed by atoms with van der Waals surface area (Å²) in [5.41, 5.74) is 0. The van der Waals surface area contributed by atoms with Crippen LogP contribution in [0.25, 0.3) is 0 Å². The maximum atomic E-state index is 12.5. The van der Waals surface area contributed by atoms with Gasteiger partial charge in [0.05, 0.1) is 0 Å². The fraction of sp³-hybridized carbons (Fsp3) is 0.286. The Labute approximate surface area is 212 Å². The Bertz CT molecular complexity index is 835. The summed E-state index contributed by atoms with van der Waals surface area (Å²) in [4.78, 5) is 50.1. The molecule has 0 unspecified atom stereocenters. The number of carbonyl (C=O) groups is 4. The van der Waals surface area contributed by atoms with Gasteiger partial charge < -0.3 is 18.9 Å². The lowest BCUT2D eigenvalue weighted by molar-refractivity contribution is -0.346. The van der Waals surface area contributed by atoms with Crippen molar-refractivity contribution in [1.29, 1.82) is 0 Å². The summed E-state index contributed by atoms with van der Waals surface area (Å²) in [6.45, 7) is 9.27. The molecule has 0 saturated carbocycles. The summed E-state index contributed by atoms with van der Waals surface area (Å²) in [6.07, 6.45) is 22.8. The third-order valence-electron chi connectivity index (χ3n) is 4.15. The normalized spacial score (nSPS) is 13.4. The van der Waals surface area contributed by atoms with Gasteiger partial charge in [0.25, 0.3) is 0 Å². The highest BCUT2D eigenvalue weighted by Gasteiger charge is 2.58. The van der Waals surface area contributed by atoms with Crippen LogP contribution in [0.1, 0.15) is 41.5 Å². The van der Waals surface area contributed by atoms with Crippen molar-refractivity contribution in [2.45, 2.75) is 53.1 Å². The molecule has 8 nitrogen and oxygen atoms in total. The van der Waals surface area contributed by atoms with E-state index in [0.29, 0.717) is 0 Å². The summed E-state index contributed by atoms with van der Waals surface area (Å²) < 4.78 is 21.6. The second kappa shape index (κ2) is 17.3. The lowest BCUT2D eigenvalue weighted by Crippen LogP contribution is -2.60. The average Bonchev–Trinajstić information content (AvgIpc) is 2.79. The van der Waals surface area contributed by atoms with E-state index in [1.165, 1.54) is 24.3 Å². The van der Waals surface area contributed by atoms with Crippen molar-refractivity contribution in [2.75, 3.05) is 0 Å². The number of carbonyl (C=O) groups excluding carboxylic acids is 4. The summed E-state index contributed by atoms with van der Waals surface area (Å²) in [5, 5.41) is 0. The zero-order valence-corrected chi connectivity index (χ0v) is 21.5. The van der Waals surface area contributed by atoms with Crippen molar-refractivity contribution in [2.24, 2.45) is 0 Å². The largest absolute Gasteiger partial charge is 0.411 e. The molecule has 0 bridgehead atoms. The molecule has 0 aliphatic heterocycles. The first-order chi connectivity index (χ1) is 17.1. The first-order valence-corrected chi connectivity index (χ1v) is 11.2. The number of rotatable bonds is 13. The Kier molecular flexibility index (Phi) is 15.3. The van der Waals surface area contributed by atoms with Crippen LogP contribution in [0.2, 0.25) is 0 Å². The molecule has 194 valence electrons. The zero-order chi connectivity index (χ0) is 27.5. The van der Waals surface area contributed by atoms with Crippen LogP contribution in [-0.2, 0) is 38.1 Å². The molecule has 0 aromatic rings. The molecule has 0 heterocycles. The first kappa shape index (κ1) is 31.8. The lowest BCUT2D eigenvalue weighted by Gasteiger charge is -2.41. The molecule has 0 amide bonds. The van der Waals surface area contributed by atoms with Crippen LogP contribution in [0.5, 0.6) is 0 Å². The number of allylic oxidation sites excluding steroid dienone is 12. The summed E-state index contributed by atoms with van der Waals surface area (Å²) in [5.74, 6) is -8.59. The van der Waals surface area contributed by atoms with Gasteiger partial charge in [-0.2, -0.15) is 0 Å². The lowest BCUT2D eigenvalue weighted by atomic mass is 10.1. The predicted molar refractivity (Wildman–Crippen MR) is 137 cm³/mol. The molecule has 0 aromatic heterocycles. The monoisotopic (exact) mass is 498 g/mol. The fourth-order valence-corrected chi connectivity index (χ4v) is 2.30. The third-order valence-corrected chi connectivity index (χ3v) is 4.15. The van der Waals surface area contributed by atoms with Crippen molar-refractivity contribution < 1.29 is 38.1 Å². The average molecular weight is 499 g/mol. The zero-order valence-electron chi connectivity index (χ0n) is 21.5. The highest BCUT2D eigenvalue weighted by atomic mass is 16.8. The van der Waals surface area contributed by atoms with Gasteiger partial charge in [0.2, 0.25) is 0 Å². The van der Waals surface area contributed by atoms with Crippen LogP contribution < -0.4 is 0 Å². The van der Waals surface area contributed by atoms with Crippen LogP contribution >= 0.6 is 0 Å². The van der Waals surface area contributed by atoms with Gasteiger partial charge in [0.15, 0.2) is 0 Å². The van der Waals surface area contributed by atoms with E-state index in [9.17, 15) is 19.2 Å². The Morgan fingerprint density at radius 1 is 0.417 bits per heavy atom. The molecule has 36 heavy (non-hydrogen) atoms. The van der Waals surface area contributed by atoms with Gasteiger partial charge in [-0.3, -0.25) is 0 Å². The van der Waals surface area contributed by atoms with E-state index in [0.717, 1.165) is 38.2 Å². The molecule has 0 aliphatic rings. The molecular weight excluding hydrogens is 464 g/mol. The molecular formula is C28H34O8. The molecule has 0 N–H and O–H groups in total. The van der Waals surface area contributed by atoms with E-state index in [2.05, 4.69) is 0 Å². The predicted octanol–water partition coefficient (Wildman–Crippen LogP) is 5.12. The fourth-order valence-electron chi connectivity index (χ4n) is 2.30. The Morgan fingerprint density at radius 2 is 0.611 bits per heavy atom. The van der Waals surface area contributed by atoms with Gasteiger partial charge >= 0.3 is 35.5 Å². The van der Waals surface area contributed by atoms with E-state index in [1.54, 1.807) is 76.3 Å². The molecule has 0 aliphatic carbocycles. The second-order valence-electron chi connectivity index (χ2n) is 7.12. The Morgan fingerprint density at radius 3 is 0.778 bits per heavy atom. The second-order valence-corrected chi connectivity index (χ2v) is 7.12.